The Hall–Kier alpha value is -3.05. The van der Waals surface area contributed by atoms with Crippen molar-refractivity contribution in [1.29, 1.82) is 5.26 Å². The molecule has 0 aliphatic rings. The van der Waals surface area contributed by atoms with Gasteiger partial charge in [-0.1, -0.05) is 60.7 Å². The predicted octanol–water partition coefficient (Wildman–Crippen LogP) is 4.84. The van der Waals surface area contributed by atoms with Gasteiger partial charge in [-0.2, -0.15) is 5.26 Å². The summed E-state index contributed by atoms with van der Waals surface area (Å²) >= 11 is 0. The molecule has 0 bridgehead atoms. The Morgan fingerprint density at radius 1 is 0.773 bits per heavy atom. The standard InChI is InChI=1S/C20H16N2/c21-14-16-10-12-17(13-11-16)15-22-20-9-5-4-8-19(20)18-6-2-1-3-7-18/h1-13,22H,15H2. The lowest BCUT2D eigenvalue weighted by Crippen LogP contribution is -2.00. The lowest BCUT2D eigenvalue weighted by Gasteiger charge is -2.12. The second-order valence-corrected chi connectivity index (χ2v) is 5.07. The van der Waals surface area contributed by atoms with Gasteiger partial charge >= 0.3 is 0 Å². The van der Waals surface area contributed by atoms with Crippen molar-refractivity contribution >= 4 is 5.69 Å². The molecule has 2 nitrogen and oxygen atoms in total. The van der Waals surface area contributed by atoms with E-state index in [2.05, 4.69) is 41.7 Å². The fourth-order valence-electron chi connectivity index (χ4n) is 2.40. The monoisotopic (exact) mass is 284 g/mol. The van der Waals surface area contributed by atoms with Gasteiger partial charge in [0.15, 0.2) is 0 Å². The second kappa shape index (κ2) is 6.60. The van der Waals surface area contributed by atoms with E-state index < -0.39 is 0 Å². The first-order valence-electron chi connectivity index (χ1n) is 7.24. The summed E-state index contributed by atoms with van der Waals surface area (Å²) in [4.78, 5) is 0. The van der Waals surface area contributed by atoms with Crippen LogP contribution >= 0.6 is 0 Å². The van der Waals surface area contributed by atoms with Crippen LogP contribution in [-0.2, 0) is 6.54 Å². The summed E-state index contributed by atoms with van der Waals surface area (Å²) in [7, 11) is 0. The van der Waals surface area contributed by atoms with Crippen LogP contribution < -0.4 is 5.32 Å². The highest BCUT2D eigenvalue weighted by atomic mass is 14.9. The normalized spacial score (nSPS) is 9.95. The Morgan fingerprint density at radius 2 is 1.45 bits per heavy atom. The largest absolute Gasteiger partial charge is 0.380 e. The molecular formula is C20H16N2. The van der Waals surface area contributed by atoms with Crippen molar-refractivity contribution < 1.29 is 0 Å². The molecule has 0 radical (unpaired) electrons. The summed E-state index contributed by atoms with van der Waals surface area (Å²) < 4.78 is 0. The van der Waals surface area contributed by atoms with E-state index in [1.54, 1.807) is 0 Å². The summed E-state index contributed by atoms with van der Waals surface area (Å²) in [6, 6.07) is 28.4. The van der Waals surface area contributed by atoms with Gasteiger partial charge in [-0.15, -0.1) is 0 Å². The molecule has 3 aromatic rings. The zero-order valence-corrected chi connectivity index (χ0v) is 12.2. The maximum Gasteiger partial charge on any atom is 0.0991 e. The zero-order chi connectivity index (χ0) is 15.2. The SMILES string of the molecule is N#Cc1ccc(CNc2ccccc2-c2ccccc2)cc1. The lowest BCUT2D eigenvalue weighted by molar-refractivity contribution is 1.15. The second-order valence-electron chi connectivity index (χ2n) is 5.07. The Bertz CT molecular complexity index is 784. The minimum atomic E-state index is 0.688. The molecule has 0 fully saturated rings. The summed E-state index contributed by atoms with van der Waals surface area (Å²) in [5.74, 6) is 0. The van der Waals surface area contributed by atoms with Crippen molar-refractivity contribution in [1.82, 2.24) is 0 Å². The molecule has 0 amide bonds. The van der Waals surface area contributed by atoms with E-state index >= 15 is 0 Å². The van der Waals surface area contributed by atoms with Crippen molar-refractivity contribution in [3.8, 4) is 17.2 Å². The highest BCUT2D eigenvalue weighted by Crippen LogP contribution is 2.27. The maximum absolute atomic E-state index is 8.83. The van der Waals surface area contributed by atoms with Gasteiger partial charge in [-0.3, -0.25) is 0 Å². The molecular weight excluding hydrogens is 268 g/mol. The van der Waals surface area contributed by atoms with Gasteiger partial charge in [-0.25, -0.2) is 0 Å². The molecule has 106 valence electrons. The molecule has 0 aliphatic carbocycles. The first kappa shape index (κ1) is 13.9. The first-order valence-corrected chi connectivity index (χ1v) is 7.24. The quantitative estimate of drug-likeness (QED) is 0.744. The van der Waals surface area contributed by atoms with E-state index in [0.29, 0.717) is 5.56 Å². The molecule has 3 aromatic carbocycles. The Kier molecular flexibility index (Phi) is 4.17. The first-order chi connectivity index (χ1) is 10.9. The number of nitrogens with one attached hydrogen (secondary N) is 1. The summed E-state index contributed by atoms with van der Waals surface area (Å²) in [5, 5.41) is 12.3. The van der Waals surface area contributed by atoms with Crippen LogP contribution in [0.3, 0.4) is 0 Å². The van der Waals surface area contributed by atoms with Crippen molar-refractivity contribution in [2.45, 2.75) is 6.54 Å². The number of hydrogen-bond donors (Lipinski definition) is 1. The molecule has 0 unspecified atom stereocenters. The van der Waals surface area contributed by atoms with Crippen LogP contribution in [-0.4, -0.2) is 0 Å². The number of para-hydroxylation sites is 1. The Balaban J connectivity index is 1.79. The van der Waals surface area contributed by atoms with Gasteiger partial charge in [0.2, 0.25) is 0 Å². The van der Waals surface area contributed by atoms with Gasteiger partial charge in [0.05, 0.1) is 11.6 Å². The van der Waals surface area contributed by atoms with Crippen LogP contribution in [0.25, 0.3) is 11.1 Å². The Morgan fingerprint density at radius 3 is 2.18 bits per heavy atom. The van der Waals surface area contributed by atoms with Crippen molar-refractivity contribution in [2.24, 2.45) is 0 Å². The molecule has 0 heterocycles. The fraction of sp³-hybridized carbons (Fsp3) is 0.0500. The van der Waals surface area contributed by atoms with Gasteiger partial charge in [0, 0.05) is 17.8 Å². The molecule has 0 aliphatic heterocycles. The van der Waals surface area contributed by atoms with E-state index in [0.717, 1.165) is 17.8 Å². The number of rotatable bonds is 4. The van der Waals surface area contributed by atoms with Crippen molar-refractivity contribution in [2.75, 3.05) is 5.32 Å². The molecule has 0 aromatic heterocycles. The average molecular weight is 284 g/mol. The Labute approximate surface area is 130 Å². The molecule has 22 heavy (non-hydrogen) atoms. The van der Waals surface area contributed by atoms with E-state index in [4.69, 9.17) is 5.26 Å². The van der Waals surface area contributed by atoms with Gasteiger partial charge in [-0.05, 0) is 29.3 Å². The summed E-state index contributed by atoms with van der Waals surface area (Å²) in [6.45, 7) is 0.732. The topological polar surface area (TPSA) is 35.8 Å². The van der Waals surface area contributed by atoms with Gasteiger partial charge < -0.3 is 5.32 Å². The van der Waals surface area contributed by atoms with Gasteiger partial charge in [0.25, 0.3) is 0 Å². The maximum atomic E-state index is 8.83. The van der Waals surface area contributed by atoms with Crippen LogP contribution in [0.5, 0.6) is 0 Å². The van der Waals surface area contributed by atoms with Gasteiger partial charge in [0.1, 0.15) is 0 Å². The molecule has 0 saturated carbocycles. The number of anilines is 1. The predicted molar refractivity (Wildman–Crippen MR) is 90.4 cm³/mol. The minimum absolute atomic E-state index is 0.688. The fourth-order valence-corrected chi connectivity index (χ4v) is 2.40. The smallest absolute Gasteiger partial charge is 0.0991 e. The summed E-state index contributed by atoms with van der Waals surface area (Å²) in [6.07, 6.45) is 0. The summed E-state index contributed by atoms with van der Waals surface area (Å²) in [5.41, 5.74) is 5.34. The molecule has 3 rings (SSSR count). The lowest BCUT2D eigenvalue weighted by atomic mass is 10.0. The molecule has 1 N–H and O–H groups in total. The number of benzene rings is 3. The third-order valence-electron chi connectivity index (χ3n) is 3.58. The third-order valence-corrected chi connectivity index (χ3v) is 3.58. The van der Waals surface area contributed by atoms with Crippen LogP contribution in [0, 0.1) is 11.3 Å². The van der Waals surface area contributed by atoms with E-state index in [-0.39, 0.29) is 0 Å². The van der Waals surface area contributed by atoms with E-state index in [1.807, 2.05) is 48.5 Å². The van der Waals surface area contributed by atoms with E-state index in [1.165, 1.54) is 11.1 Å². The molecule has 0 saturated heterocycles. The minimum Gasteiger partial charge on any atom is -0.380 e. The van der Waals surface area contributed by atoms with Crippen LogP contribution in [0.2, 0.25) is 0 Å². The van der Waals surface area contributed by atoms with Crippen molar-refractivity contribution in [3.05, 3.63) is 90.0 Å². The molecule has 0 spiro atoms. The van der Waals surface area contributed by atoms with Crippen molar-refractivity contribution in [3.63, 3.8) is 0 Å². The van der Waals surface area contributed by atoms with Crippen LogP contribution in [0.1, 0.15) is 11.1 Å². The number of nitriles is 1. The third kappa shape index (κ3) is 3.16. The average Bonchev–Trinajstić information content (AvgIpc) is 2.61. The zero-order valence-electron chi connectivity index (χ0n) is 12.2. The number of hydrogen-bond acceptors (Lipinski definition) is 2. The van der Waals surface area contributed by atoms with E-state index in [9.17, 15) is 0 Å². The highest BCUT2D eigenvalue weighted by Gasteiger charge is 2.03. The highest BCUT2D eigenvalue weighted by molar-refractivity contribution is 5.77. The van der Waals surface area contributed by atoms with Crippen LogP contribution in [0.4, 0.5) is 5.69 Å². The molecule has 2 heteroatoms. The van der Waals surface area contributed by atoms with Crippen LogP contribution in [0.15, 0.2) is 78.9 Å². The molecule has 0 atom stereocenters. The number of nitrogens with zero attached hydrogens (tertiary/aromatic N) is 1.